The fourth-order valence-corrected chi connectivity index (χ4v) is 1.55. The molecule has 1 aromatic rings. The van der Waals surface area contributed by atoms with Crippen molar-refractivity contribution in [3.63, 3.8) is 0 Å². The van der Waals surface area contributed by atoms with Crippen LogP contribution in [0.3, 0.4) is 0 Å². The van der Waals surface area contributed by atoms with Crippen LogP contribution < -0.4 is 16.3 Å². The van der Waals surface area contributed by atoms with Crippen LogP contribution in [0.1, 0.15) is 19.4 Å². The van der Waals surface area contributed by atoms with Gasteiger partial charge in [0.15, 0.2) is 0 Å². The Morgan fingerprint density at radius 1 is 1.52 bits per heavy atom. The Balaban J connectivity index is 1.90. The van der Waals surface area contributed by atoms with Crippen molar-refractivity contribution in [3.05, 3.63) is 30.1 Å². The molecule has 0 saturated carbocycles. The number of hydrogen-bond donors (Lipinski definition) is 3. The zero-order valence-corrected chi connectivity index (χ0v) is 11.6. The Morgan fingerprint density at radius 2 is 2.33 bits per heavy atom. The van der Waals surface area contributed by atoms with Gasteiger partial charge in [-0.15, -0.1) is 0 Å². The number of carbonyl (C=O) groups excluding carboxylic acids is 2. The SMILES string of the molecule is CC1=NNC(=O)N(NC(=O)N/N=C(\C)c2cccnc2)C1. The van der Waals surface area contributed by atoms with Crippen molar-refractivity contribution in [3.8, 4) is 0 Å². The average molecular weight is 289 g/mol. The van der Waals surface area contributed by atoms with E-state index >= 15 is 0 Å². The Hall–Kier alpha value is -2.97. The standard InChI is InChI=1S/C12H15N7O2/c1-8-7-19(12(21)17-14-8)18-11(20)16-15-9(2)10-4-3-5-13-6-10/h3-6H,7H2,1-2H3,(H,17,21)(H2,16,18,20)/b15-9+. The maximum atomic E-state index is 11.7. The smallest absolute Gasteiger partial charge is 0.264 e. The maximum Gasteiger partial charge on any atom is 0.356 e. The largest absolute Gasteiger partial charge is 0.356 e. The molecule has 2 rings (SSSR count). The van der Waals surface area contributed by atoms with Crippen molar-refractivity contribution >= 4 is 23.5 Å². The lowest BCUT2D eigenvalue weighted by atomic mass is 10.2. The van der Waals surface area contributed by atoms with Crippen LogP contribution >= 0.6 is 0 Å². The summed E-state index contributed by atoms with van der Waals surface area (Å²) in [6, 6.07) is 2.46. The highest BCUT2D eigenvalue weighted by atomic mass is 16.2. The number of urea groups is 2. The molecule has 9 nitrogen and oxygen atoms in total. The van der Waals surface area contributed by atoms with Crippen LogP contribution in [-0.2, 0) is 0 Å². The molecule has 0 bridgehead atoms. The number of nitrogens with zero attached hydrogens (tertiary/aromatic N) is 4. The predicted molar refractivity (Wildman–Crippen MR) is 76.5 cm³/mol. The minimum absolute atomic E-state index is 0.213. The zero-order chi connectivity index (χ0) is 15.2. The number of carbonyl (C=O) groups is 2. The molecule has 0 saturated heterocycles. The molecule has 3 N–H and O–H groups in total. The lowest BCUT2D eigenvalue weighted by Crippen LogP contribution is -2.56. The van der Waals surface area contributed by atoms with Crippen LogP contribution in [0.15, 0.2) is 34.7 Å². The maximum absolute atomic E-state index is 11.7. The number of pyridine rings is 1. The van der Waals surface area contributed by atoms with Gasteiger partial charge in [-0.1, -0.05) is 6.07 Å². The van der Waals surface area contributed by atoms with Crippen LogP contribution in [0.5, 0.6) is 0 Å². The first-order chi connectivity index (χ1) is 10.1. The number of aromatic nitrogens is 1. The molecule has 0 aromatic carbocycles. The summed E-state index contributed by atoms with van der Waals surface area (Å²) in [5, 5.41) is 8.79. The monoisotopic (exact) mass is 289 g/mol. The van der Waals surface area contributed by atoms with E-state index in [-0.39, 0.29) is 6.54 Å². The van der Waals surface area contributed by atoms with Crippen molar-refractivity contribution in [1.29, 1.82) is 0 Å². The van der Waals surface area contributed by atoms with Gasteiger partial charge in [0.1, 0.15) is 0 Å². The molecule has 110 valence electrons. The summed E-state index contributed by atoms with van der Waals surface area (Å²) in [5.74, 6) is 0. The third kappa shape index (κ3) is 4.00. The average Bonchev–Trinajstić information content (AvgIpc) is 2.49. The van der Waals surface area contributed by atoms with E-state index in [1.807, 2.05) is 6.07 Å². The van der Waals surface area contributed by atoms with Crippen LogP contribution in [-0.4, -0.2) is 40.0 Å². The van der Waals surface area contributed by atoms with Gasteiger partial charge >= 0.3 is 12.1 Å². The molecule has 0 radical (unpaired) electrons. The van der Waals surface area contributed by atoms with E-state index in [1.54, 1.807) is 32.3 Å². The summed E-state index contributed by atoms with van der Waals surface area (Å²) in [4.78, 5) is 27.1. The lowest BCUT2D eigenvalue weighted by Gasteiger charge is -2.25. The van der Waals surface area contributed by atoms with Gasteiger partial charge in [0.25, 0.3) is 0 Å². The molecule has 9 heteroatoms. The summed E-state index contributed by atoms with van der Waals surface area (Å²) in [7, 11) is 0. The molecule has 0 unspecified atom stereocenters. The zero-order valence-electron chi connectivity index (χ0n) is 11.6. The van der Waals surface area contributed by atoms with E-state index in [2.05, 4.69) is 31.5 Å². The summed E-state index contributed by atoms with van der Waals surface area (Å²) in [6.07, 6.45) is 3.28. The van der Waals surface area contributed by atoms with Crippen molar-refractivity contribution in [1.82, 2.24) is 26.3 Å². The third-order valence-electron chi connectivity index (χ3n) is 2.62. The van der Waals surface area contributed by atoms with Crippen molar-refractivity contribution in [2.45, 2.75) is 13.8 Å². The van der Waals surface area contributed by atoms with Gasteiger partial charge in [0.2, 0.25) is 0 Å². The number of hydrazone groups is 2. The van der Waals surface area contributed by atoms with Crippen molar-refractivity contribution in [2.75, 3.05) is 6.54 Å². The molecule has 0 atom stereocenters. The highest BCUT2D eigenvalue weighted by Gasteiger charge is 2.20. The van der Waals surface area contributed by atoms with Crippen LogP contribution in [0, 0.1) is 0 Å². The number of hydrazine groups is 1. The van der Waals surface area contributed by atoms with Crippen molar-refractivity contribution < 1.29 is 9.59 Å². The molecule has 21 heavy (non-hydrogen) atoms. The van der Waals surface area contributed by atoms with Crippen LogP contribution in [0.25, 0.3) is 0 Å². The minimum Gasteiger partial charge on any atom is -0.264 e. The second-order valence-corrected chi connectivity index (χ2v) is 4.34. The molecular weight excluding hydrogens is 274 g/mol. The lowest BCUT2D eigenvalue weighted by molar-refractivity contribution is 0.173. The van der Waals surface area contributed by atoms with E-state index in [1.165, 1.54) is 0 Å². The Morgan fingerprint density at radius 3 is 3.05 bits per heavy atom. The van der Waals surface area contributed by atoms with Crippen LogP contribution in [0.2, 0.25) is 0 Å². The van der Waals surface area contributed by atoms with Gasteiger partial charge in [-0.25, -0.2) is 30.9 Å². The van der Waals surface area contributed by atoms with Crippen molar-refractivity contribution in [2.24, 2.45) is 10.2 Å². The number of nitrogens with one attached hydrogen (secondary N) is 3. The van der Waals surface area contributed by atoms with E-state index in [4.69, 9.17) is 0 Å². The molecule has 1 aliphatic rings. The highest BCUT2D eigenvalue weighted by molar-refractivity contribution is 5.99. The normalized spacial score (nSPS) is 15.1. The van der Waals surface area contributed by atoms with Gasteiger partial charge in [-0.05, 0) is 19.9 Å². The summed E-state index contributed by atoms with van der Waals surface area (Å²) < 4.78 is 0. The molecule has 4 amide bonds. The van der Waals surface area contributed by atoms with Gasteiger partial charge in [-0.2, -0.15) is 10.2 Å². The third-order valence-corrected chi connectivity index (χ3v) is 2.62. The first kappa shape index (κ1) is 14.4. The molecule has 1 aromatic heterocycles. The molecular formula is C12H15N7O2. The first-order valence-corrected chi connectivity index (χ1v) is 6.18. The van der Waals surface area contributed by atoms with E-state index in [9.17, 15) is 9.59 Å². The second-order valence-electron chi connectivity index (χ2n) is 4.34. The summed E-state index contributed by atoms with van der Waals surface area (Å²) in [6.45, 7) is 3.68. The molecule has 1 aliphatic heterocycles. The van der Waals surface area contributed by atoms with E-state index in [0.717, 1.165) is 10.6 Å². The fraction of sp³-hybridized carbons (Fsp3) is 0.250. The quantitative estimate of drug-likeness (QED) is 0.554. The highest BCUT2D eigenvalue weighted by Crippen LogP contribution is 1.97. The second kappa shape index (κ2) is 6.46. The van der Waals surface area contributed by atoms with Gasteiger partial charge in [0, 0.05) is 18.0 Å². The Bertz CT molecular complexity index is 597. The topological polar surface area (TPSA) is 111 Å². The Labute approximate surface area is 121 Å². The number of rotatable bonds is 3. The minimum atomic E-state index is -0.622. The van der Waals surface area contributed by atoms with Gasteiger partial charge in [0.05, 0.1) is 18.0 Å². The molecule has 0 fully saturated rings. The number of hydrogen-bond acceptors (Lipinski definition) is 5. The molecule has 0 aliphatic carbocycles. The van der Waals surface area contributed by atoms with Gasteiger partial charge in [-0.3, -0.25) is 4.98 Å². The summed E-state index contributed by atoms with van der Waals surface area (Å²) in [5.41, 5.74) is 9.01. The predicted octanol–water partition coefficient (Wildman–Crippen LogP) is 0.421. The first-order valence-electron chi connectivity index (χ1n) is 6.18. The fourth-order valence-electron chi connectivity index (χ4n) is 1.55. The van der Waals surface area contributed by atoms with Gasteiger partial charge < -0.3 is 0 Å². The number of amides is 4. The molecule has 2 heterocycles. The van der Waals surface area contributed by atoms with E-state index in [0.29, 0.717) is 11.4 Å². The van der Waals surface area contributed by atoms with Crippen LogP contribution in [0.4, 0.5) is 9.59 Å². The van der Waals surface area contributed by atoms with E-state index < -0.39 is 12.1 Å². The summed E-state index contributed by atoms with van der Waals surface area (Å²) >= 11 is 0. The Kier molecular flexibility index (Phi) is 4.44. The molecule has 0 spiro atoms.